The van der Waals surface area contributed by atoms with Crippen molar-refractivity contribution >= 4 is 0 Å². The third-order valence-corrected chi connectivity index (χ3v) is 1.52. The van der Waals surface area contributed by atoms with E-state index in [1.807, 2.05) is 6.07 Å². The molecule has 0 N–H and O–H groups in total. The summed E-state index contributed by atoms with van der Waals surface area (Å²) in [7, 11) is 2.07. The summed E-state index contributed by atoms with van der Waals surface area (Å²) in [5, 5.41) is 0. The molecule has 1 aromatic rings. The fourth-order valence-corrected chi connectivity index (χ4v) is 0.926. The number of hydrogen-bond acceptors (Lipinski definition) is 0. The van der Waals surface area contributed by atoms with Gasteiger partial charge in [-0.05, 0) is 0 Å². The Balaban J connectivity index is 0.000000810. The number of aryl methyl sites for hydroxylation is 2. The molecule has 0 saturated heterocycles. The maximum Gasteiger partial charge on any atom is 0.180 e. The van der Waals surface area contributed by atoms with Gasteiger partial charge in [0.1, 0.15) is 7.05 Å². The predicted octanol–water partition coefficient (Wildman–Crippen LogP) is -1.92. The van der Waals surface area contributed by atoms with Gasteiger partial charge in [-0.15, -0.1) is 0 Å². The molecule has 10 heavy (non-hydrogen) atoms. The lowest BCUT2D eigenvalue weighted by Crippen LogP contribution is -3.00. The molecule has 0 atom stereocenters. The maximum atomic E-state index is 2.16. The van der Waals surface area contributed by atoms with Gasteiger partial charge < -0.3 is 12.4 Å². The van der Waals surface area contributed by atoms with E-state index in [0.29, 0.717) is 0 Å². The molecule has 1 aromatic heterocycles. The molecule has 0 saturated carbocycles. The molecule has 56 valence electrons. The van der Waals surface area contributed by atoms with Gasteiger partial charge in [0.15, 0.2) is 11.9 Å². The molecule has 1 nitrogen and oxygen atoms in total. The van der Waals surface area contributed by atoms with Crippen LogP contribution in [0.4, 0.5) is 0 Å². The van der Waals surface area contributed by atoms with Gasteiger partial charge in [-0.2, -0.15) is 0 Å². The first-order valence-corrected chi connectivity index (χ1v) is 3.28. The summed E-state index contributed by atoms with van der Waals surface area (Å²) in [6, 6.07) is 6.25. The normalized spacial score (nSPS) is 8.60. The highest BCUT2D eigenvalue weighted by molar-refractivity contribution is 4.96. The van der Waals surface area contributed by atoms with Crippen LogP contribution in [0.15, 0.2) is 24.4 Å². The van der Waals surface area contributed by atoms with Crippen molar-refractivity contribution < 1.29 is 17.0 Å². The molecular weight excluding hydrogens is 146 g/mol. The van der Waals surface area contributed by atoms with E-state index in [-0.39, 0.29) is 12.4 Å². The van der Waals surface area contributed by atoms with E-state index in [0.717, 1.165) is 6.42 Å². The summed E-state index contributed by atoms with van der Waals surface area (Å²) < 4.78 is 2.14. The Kier molecular flexibility index (Phi) is 4.05. The van der Waals surface area contributed by atoms with E-state index in [1.165, 1.54) is 5.69 Å². The topological polar surface area (TPSA) is 3.88 Å². The predicted molar refractivity (Wildman–Crippen MR) is 37.0 cm³/mol. The molecule has 0 amide bonds. The number of halogens is 1. The van der Waals surface area contributed by atoms with E-state index in [1.54, 1.807) is 0 Å². The van der Waals surface area contributed by atoms with E-state index in [2.05, 4.69) is 36.9 Å². The lowest BCUT2D eigenvalue weighted by atomic mass is 10.3. The van der Waals surface area contributed by atoms with Gasteiger partial charge >= 0.3 is 0 Å². The second-order valence-electron chi connectivity index (χ2n) is 2.16. The minimum Gasteiger partial charge on any atom is -1.00 e. The van der Waals surface area contributed by atoms with E-state index >= 15 is 0 Å². The molecule has 0 aromatic carbocycles. The third-order valence-electron chi connectivity index (χ3n) is 1.52. The molecule has 0 aliphatic heterocycles. The molecular formula is C8H12ClN. The van der Waals surface area contributed by atoms with Crippen LogP contribution >= 0.6 is 0 Å². The number of nitrogens with zero attached hydrogens (tertiary/aromatic N) is 1. The average molecular weight is 158 g/mol. The van der Waals surface area contributed by atoms with Gasteiger partial charge in [-0.1, -0.05) is 13.0 Å². The maximum absolute atomic E-state index is 2.16. The van der Waals surface area contributed by atoms with Gasteiger partial charge in [0, 0.05) is 18.6 Å². The van der Waals surface area contributed by atoms with Crippen LogP contribution < -0.4 is 17.0 Å². The van der Waals surface area contributed by atoms with Crippen molar-refractivity contribution in [2.45, 2.75) is 13.3 Å². The SMILES string of the molecule is CCc1cccc[n+]1C.[Cl-]. The zero-order valence-corrected chi connectivity index (χ0v) is 7.10. The summed E-state index contributed by atoms with van der Waals surface area (Å²) >= 11 is 0. The Morgan fingerprint density at radius 3 is 2.50 bits per heavy atom. The zero-order chi connectivity index (χ0) is 6.69. The van der Waals surface area contributed by atoms with Crippen LogP contribution in [0, 0.1) is 0 Å². The standard InChI is InChI=1S/C8H12N.ClH/c1-3-8-6-4-5-7-9(8)2;/h4-7H,3H2,1-2H3;1H/q+1;/p-1. The summed E-state index contributed by atoms with van der Waals surface area (Å²) in [4.78, 5) is 0. The van der Waals surface area contributed by atoms with E-state index < -0.39 is 0 Å². The first kappa shape index (κ1) is 9.44. The monoisotopic (exact) mass is 157 g/mol. The highest BCUT2D eigenvalue weighted by atomic mass is 35.5. The van der Waals surface area contributed by atoms with Crippen LogP contribution in [0.3, 0.4) is 0 Å². The van der Waals surface area contributed by atoms with E-state index in [4.69, 9.17) is 0 Å². The second kappa shape index (κ2) is 4.29. The molecule has 0 fully saturated rings. The summed E-state index contributed by atoms with van der Waals surface area (Å²) in [6.45, 7) is 2.16. The molecule has 2 heteroatoms. The number of pyridine rings is 1. The Morgan fingerprint density at radius 1 is 1.40 bits per heavy atom. The van der Waals surface area contributed by atoms with Crippen molar-refractivity contribution in [3.63, 3.8) is 0 Å². The summed E-state index contributed by atoms with van der Waals surface area (Å²) in [5.41, 5.74) is 1.37. The van der Waals surface area contributed by atoms with Crippen LogP contribution in [-0.4, -0.2) is 0 Å². The molecule has 0 unspecified atom stereocenters. The number of aromatic nitrogens is 1. The average Bonchev–Trinajstić information content (AvgIpc) is 1.89. The van der Waals surface area contributed by atoms with Crippen LogP contribution in [-0.2, 0) is 13.5 Å². The molecule has 0 aliphatic carbocycles. The van der Waals surface area contributed by atoms with Crippen LogP contribution in [0.2, 0.25) is 0 Å². The van der Waals surface area contributed by atoms with Crippen LogP contribution in [0.5, 0.6) is 0 Å². The van der Waals surface area contributed by atoms with Crippen molar-refractivity contribution in [1.82, 2.24) is 0 Å². The molecule has 0 bridgehead atoms. The minimum atomic E-state index is 0. The van der Waals surface area contributed by atoms with E-state index in [9.17, 15) is 0 Å². The lowest BCUT2D eigenvalue weighted by Gasteiger charge is -1.91. The Hall–Kier alpha value is -0.560. The summed E-state index contributed by atoms with van der Waals surface area (Å²) in [5.74, 6) is 0. The Labute approximate surface area is 68.1 Å². The minimum absolute atomic E-state index is 0. The van der Waals surface area contributed by atoms with Crippen molar-refractivity contribution in [2.24, 2.45) is 7.05 Å². The highest BCUT2D eigenvalue weighted by Gasteiger charge is 1.97. The number of rotatable bonds is 1. The molecule has 1 rings (SSSR count). The van der Waals surface area contributed by atoms with Crippen LogP contribution in [0.25, 0.3) is 0 Å². The zero-order valence-electron chi connectivity index (χ0n) is 6.34. The fraction of sp³-hybridized carbons (Fsp3) is 0.375. The van der Waals surface area contributed by atoms with Gasteiger partial charge in [0.2, 0.25) is 0 Å². The largest absolute Gasteiger partial charge is 1.00 e. The van der Waals surface area contributed by atoms with Crippen LogP contribution in [0.1, 0.15) is 12.6 Å². The molecule has 0 radical (unpaired) electrons. The molecule has 0 spiro atoms. The van der Waals surface area contributed by atoms with Crippen molar-refractivity contribution in [3.05, 3.63) is 30.1 Å². The first-order chi connectivity index (χ1) is 4.34. The third kappa shape index (κ3) is 1.99. The van der Waals surface area contributed by atoms with Gasteiger partial charge in [-0.3, -0.25) is 0 Å². The quantitative estimate of drug-likeness (QED) is 0.419. The fourth-order valence-electron chi connectivity index (χ4n) is 0.926. The highest BCUT2D eigenvalue weighted by Crippen LogP contribution is 1.89. The van der Waals surface area contributed by atoms with Gasteiger partial charge in [0.05, 0.1) is 0 Å². The second-order valence-corrected chi connectivity index (χ2v) is 2.16. The first-order valence-electron chi connectivity index (χ1n) is 3.28. The number of hydrogen-bond donors (Lipinski definition) is 0. The summed E-state index contributed by atoms with van der Waals surface area (Å²) in [6.07, 6.45) is 3.18. The van der Waals surface area contributed by atoms with Crippen molar-refractivity contribution in [1.29, 1.82) is 0 Å². The lowest BCUT2D eigenvalue weighted by molar-refractivity contribution is -0.679. The Morgan fingerprint density at radius 2 is 2.10 bits per heavy atom. The van der Waals surface area contributed by atoms with Crippen molar-refractivity contribution in [3.8, 4) is 0 Å². The smallest absolute Gasteiger partial charge is 0.180 e. The van der Waals surface area contributed by atoms with Gasteiger partial charge in [0.25, 0.3) is 0 Å². The van der Waals surface area contributed by atoms with Gasteiger partial charge in [-0.25, -0.2) is 4.57 Å². The molecule has 1 heterocycles. The Bertz CT molecular complexity index is 198. The molecule has 0 aliphatic rings. The van der Waals surface area contributed by atoms with Crippen molar-refractivity contribution in [2.75, 3.05) is 0 Å².